The highest BCUT2D eigenvalue weighted by molar-refractivity contribution is 6.34. The van der Waals surface area contributed by atoms with Crippen LogP contribution in [0, 0.1) is 0 Å². The molecule has 0 fully saturated rings. The zero-order valence-corrected chi connectivity index (χ0v) is 17.3. The molecule has 1 aliphatic heterocycles. The molecule has 32 heavy (non-hydrogen) atoms. The van der Waals surface area contributed by atoms with E-state index in [-0.39, 0.29) is 11.9 Å². The highest BCUT2D eigenvalue weighted by atomic mass is 16.5. The Balaban J connectivity index is 1.41. The first-order valence-corrected chi connectivity index (χ1v) is 10.1. The van der Waals surface area contributed by atoms with Crippen molar-refractivity contribution >= 4 is 52.3 Å². The Hall–Kier alpha value is -4.45. The molecule has 0 saturated carbocycles. The van der Waals surface area contributed by atoms with Gasteiger partial charge < -0.3 is 10.1 Å². The molecule has 5 rings (SSSR count). The highest BCUT2D eigenvalue weighted by Gasteiger charge is 2.23. The molecule has 0 bridgehead atoms. The number of carbonyl (C=O) groups is 2. The maximum Gasteiger partial charge on any atom is 0.337 e. The fraction of sp³-hybridized carbons (Fsp3) is 0.0385. The van der Waals surface area contributed by atoms with Gasteiger partial charge in [-0.1, -0.05) is 42.5 Å². The number of nitrogens with one attached hydrogen (secondary N) is 2. The normalized spacial score (nSPS) is 14.2. The van der Waals surface area contributed by atoms with Gasteiger partial charge in [-0.25, -0.2) is 4.79 Å². The fourth-order valence-corrected chi connectivity index (χ4v) is 3.75. The van der Waals surface area contributed by atoms with Gasteiger partial charge in [0, 0.05) is 22.2 Å². The van der Waals surface area contributed by atoms with Crippen LogP contribution in [0.1, 0.15) is 32.7 Å². The van der Waals surface area contributed by atoms with Crippen molar-refractivity contribution in [2.24, 2.45) is 0 Å². The van der Waals surface area contributed by atoms with E-state index >= 15 is 0 Å². The molecule has 2 N–H and O–H groups in total. The molecule has 0 unspecified atom stereocenters. The zero-order chi connectivity index (χ0) is 22.1. The van der Waals surface area contributed by atoms with E-state index in [0.29, 0.717) is 11.1 Å². The van der Waals surface area contributed by atoms with Gasteiger partial charge in [0.2, 0.25) is 0 Å². The molecule has 0 saturated heterocycles. The third kappa shape index (κ3) is 3.58. The molecule has 1 aliphatic rings. The second-order valence-electron chi connectivity index (χ2n) is 7.42. The Morgan fingerprint density at radius 1 is 0.969 bits per heavy atom. The first-order chi connectivity index (χ1) is 15.6. The van der Waals surface area contributed by atoms with Crippen molar-refractivity contribution in [1.29, 1.82) is 0 Å². The summed E-state index contributed by atoms with van der Waals surface area (Å²) in [5, 5.41) is 11.3. The third-order valence-corrected chi connectivity index (χ3v) is 5.40. The summed E-state index contributed by atoms with van der Waals surface area (Å²) in [5.74, 6) is -0.457. The second kappa shape index (κ2) is 8.00. The Labute approximate surface area is 184 Å². The lowest BCUT2D eigenvalue weighted by molar-refractivity contribution is -0.110. The van der Waals surface area contributed by atoms with Crippen LogP contribution < -0.4 is 5.32 Å². The maximum absolute atomic E-state index is 12.4. The number of anilines is 1. The zero-order valence-electron chi connectivity index (χ0n) is 17.3. The number of benzene rings is 3. The van der Waals surface area contributed by atoms with Crippen LogP contribution >= 0.6 is 0 Å². The summed E-state index contributed by atoms with van der Waals surface area (Å²) in [5.41, 5.74) is 6.44. The van der Waals surface area contributed by atoms with Crippen molar-refractivity contribution in [3.05, 3.63) is 94.7 Å². The number of para-hydroxylation sites is 1. The van der Waals surface area contributed by atoms with Crippen LogP contribution in [0.3, 0.4) is 0 Å². The average molecular weight is 421 g/mol. The van der Waals surface area contributed by atoms with Crippen LogP contribution in [0.5, 0.6) is 0 Å². The first kappa shape index (κ1) is 19.5. The monoisotopic (exact) mass is 421 g/mol. The number of nitrogens with zero attached hydrogens (tertiary/aromatic N) is 1. The minimum absolute atomic E-state index is 0.0993. The largest absolute Gasteiger partial charge is 0.465 e. The van der Waals surface area contributed by atoms with Gasteiger partial charge in [0.05, 0.1) is 23.9 Å². The van der Waals surface area contributed by atoms with Gasteiger partial charge in [-0.3, -0.25) is 9.89 Å². The Morgan fingerprint density at radius 3 is 2.56 bits per heavy atom. The van der Waals surface area contributed by atoms with E-state index in [1.54, 1.807) is 12.1 Å². The molecule has 1 amide bonds. The summed E-state index contributed by atoms with van der Waals surface area (Å²) in [7, 11) is 1.36. The van der Waals surface area contributed by atoms with Crippen molar-refractivity contribution in [1.82, 2.24) is 10.2 Å². The summed E-state index contributed by atoms with van der Waals surface area (Å²) in [6, 6.07) is 20.8. The lowest BCUT2D eigenvalue weighted by Gasteiger charge is -2.00. The van der Waals surface area contributed by atoms with E-state index in [4.69, 9.17) is 4.74 Å². The second-order valence-corrected chi connectivity index (χ2v) is 7.42. The van der Waals surface area contributed by atoms with Crippen molar-refractivity contribution in [3.63, 3.8) is 0 Å². The summed E-state index contributed by atoms with van der Waals surface area (Å²) >= 11 is 0. The number of fused-ring (bicyclic) bond motifs is 2. The minimum Gasteiger partial charge on any atom is -0.465 e. The van der Waals surface area contributed by atoms with Gasteiger partial charge in [0.15, 0.2) is 0 Å². The topological polar surface area (TPSA) is 84.1 Å². The minimum atomic E-state index is -0.358. The lowest BCUT2D eigenvalue weighted by atomic mass is 10.0. The molecule has 156 valence electrons. The molecule has 0 atom stereocenters. The van der Waals surface area contributed by atoms with Crippen molar-refractivity contribution in [3.8, 4) is 0 Å². The van der Waals surface area contributed by atoms with Gasteiger partial charge in [-0.2, -0.15) is 5.10 Å². The van der Waals surface area contributed by atoms with Crippen LogP contribution in [0.4, 0.5) is 5.69 Å². The van der Waals surface area contributed by atoms with E-state index in [1.807, 2.05) is 72.8 Å². The van der Waals surface area contributed by atoms with E-state index in [1.165, 1.54) is 7.11 Å². The van der Waals surface area contributed by atoms with E-state index in [2.05, 4.69) is 15.5 Å². The number of hydrogen-bond acceptors (Lipinski definition) is 4. The Bertz CT molecular complexity index is 1410. The molecule has 6 heteroatoms. The van der Waals surface area contributed by atoms with Gasteiger partial charge >= 0.3 is 5.97 Å². The molecule has 0 radical (unpaired) electrons. The smallest absolute Gasteiger partial charge is 0.337 e. The molecular weight excluding hydrogens is 402 g/mol. The van der Waals surface area contributed by atoms with Crippen LogP contribution in [-0.2, 0) is 9.53 Å². The first-order valence-electron chi connectivity index (χ1n) is 10.1. The Kier molecular flexibility index (Phi) is 4.88. The molecule has 0 spiro atoms. The number of carbonyl (C=O) groups excluding carboxylic acids is 2. The van der Waals surface area contributed by atoms with E-state index < -0.39 is 0 Å². The number of methoxy groups -OCH3 is 1. The van der Waals surface area contributed by atoms with Crippen molar-refractivity contribution < 1.29 is 14.3 Å². The number of rotatable bonds is 4. The average Bonchev–Trinajstić information content (AvgIpc) is 3.37. The Morgan fingerprint density at radius 2 is 1.75 bits per heavy atom. The summed E-state index contributed by atoms with van der Waals surface area (Å²) < 4.78 is 4.72. The van der Waals surface area contributed by atoms with Crippen LogP contribution in [0.25, 0.3) is 34.7 Å². The lowest BCUT2D eigenvalue weighted by Crippen LogP contribution is -2.03. The predicted molar refractivity (Wildman–Crippen MR) is 126 cm³/mol. The number of amides is 1. The number of H-pyrrole nitrogens is 1. The van der Waals surface area contributed by atoms with Crippen LogP contribution in [0.15, 0.2) is 66.7 Å². The van der Waals surface area contributed by atoms with Crippen LogP contribution in [0.2, 0.25) is 0 Å². The summed E-state index contributed by atoms with van der Waals surface area (Å²) in [6.07, 6.45) is 5.75. The number of hydrogen-bond donors (Lipinski definition) is 2. The highest BCUT2D eigenvalue weighted by Crippen LogP contribution is 2.33. The standard InChI is InChI=1S/C26H19N3O3/c1-32-26(31)18-10-6-16(7-11-18)9-13-23-20-12-8-17(15-24(20)29-28-23)14-21-19-4-2-3-5-22(19)27-25(21)30/h2-15H,1H3,(H,27,30)(H,28,29)/b13-9+,21-14-. The molecule has 6 nitrogen and oxygen atoms in total. The van der Waals surface area contributed by atoms with Gasteiger partial charge in [0.25, 0.3) is 5.91 Å². The molecular formula is C26H19N3O3. The fourth-order valence-electron chi connectivity index (χ4n) is 3.75. The molecule has 2 heterocycles. The number of ether oxygens (including phenoxy) is 1. The van der Waals surface area contributed by atoms with Gasteiger partial charge in [-0.05, 0) is 53.6 Å². The molecule has 4 aromatic rings. The molecule has 1 aromatic heterocycles. The SMILES string of the molecule is COC(=O)c1ccc(/C=C/c2n[nH]c3cc(/C=C4\C(=O)Nc5ccccc54)ccc23)cc1. The maximum atomic E-state index is 12.4. The molecule has 0 aliphatic carbocycles. The van der Waals surface area contributed by atoms with Crippen LogP contribution in [-0.4, -0.2) is 29.2 Å². The summed E-state index contributed by atoms with van der Waals surface area (Å²) in [4.78, 5) is 23.9. The van der Waals surface area contributed by atoms with Gasteiger partial charge in [0.1, 0.15) is 0 Å². The number of esters is 1. The third-order valence-electron chi connectivity index (χ3n) is 5.40. The number of aromatic nitrogens is 2. The van der Waals surface area contributed by atoms with Gasteiger partial charge in [-0.15, -0.1) is 0 Å². The van der Waals surface area contributed by atoms with E-state index in [9.17, 15) is 9.59 Å². The molecule has 3 aromatic carbocycles. The summed E-state index contributed by atoms with van der Waals surface area (Å²) in [6.45, 7) is 0. The van der Waals surface area contributed by atoms with Crippen molar-refractivity contribution in [2.75, 3.05) is 12.4 Å². The van der Waals surface area contributed by atoms with E-state index in [0.717, 1.165) is 39.0 Å². The quantitative estimate of drug-likeness (QED) is 0.358. The number of aromatic amines is 1. The van der Waals surface area contributed by atoms with Crippen molar-refractivity contribution in [2.45, 2.75) is 0 Å². The predicted octanol–water partition coefficient (Wildman–Crippen LogP) is 5.01.